The van der Waals surface area contributed by atoms with Crippen LogP contribution in [-0.4, -0.2) is 30.9 Å². The van der Waals surface area contributed by atoms with Crippen LogP contribution in [0, 0.1) is 6.92 Å². The largest absolute Gasteiger partial charge is 0.490 e. The molecular weight excluding hydrogens is 402 g/mol. The second-order valence-electron chi connectivity index (χ2n) is 7.71. The number of benzene rings is 3. The summed E-state index contributed by atoms with van der Waals surface area (Å²) in [4.78, 5) is 12.0. The van der Waals surface area contributed by atoms with Crippen molar-refractivity contribution in [2.45, 2.75) is 19.9 Å². The van der Waals surface area contributed by atoms with Gasteiger partial charge in [-0.05, 0) is 53.9 Å². The van der Waals surface area contributed by atoms with Gasteiger partial charge >= 0.3 is 5.97 Å². The van der Waals surface area contributed by atoms with E-state index in [1.54, 1.807) is 0 Å². The van der Waals surface area contributed by atoms with E-state index in [9.17, 15) is 4.79 Å². The van der Waals surface area contributed by atoms with Crippen molar-refractivity contribution < 1.29 is 19.0 Å². The van der Waals surface area contributed by atoms with Gasteiger partial charge in [0.1, 0.15) is 24.7 Å². The van der Waals surface area contributed by atoms with E-state index in [-0.39, 0.29) is 12.4 Å². The van der Waals surface area contributed by atoms with Crippen molar-refractivity contribution >= 4 is 16.9 Å². The molecule has 1 heterocycles. The Labute approximate surface area is 188 Å². The highest BCUT2D eigenvalue weighted by atomic mass is 16.5. The minimum absolute atomic E-state index is 0.217. The van der Waals surface area contributed by atoms with Gasteiger partial charge in [0.25, 0.3) is 0 Å². The first-order valence-corrected chi connectivity index (χ1v) is 10.7. The average Bonchev–Trinajstić information content (AvgIpc) is 3.13. The number of aromatic nitrogens is 1. The topological polar surface area (TPSA) is 49.7 Å². The SMILES string of the molecule is COC(=O)Cc1cn(Cc2ccccc2)c2ccc(OCCOc3cccc(C)c3)cc12. The third kappa shape index (κ3) is 5.30. The van der Waals surface area contributed by atoms with Crippen LogP contribution in [0.3, 0.4) is 0 Å². The third-order valence-corrected chi connectivity index (χ3v) is 5.30. The monoisotopic (exact) mass is 429 g/mol. The summed E-state index contributed by atoms with van der Waals surface area (Å²) < 4.78 is 18.8. The van der Waals surface area contributed by atoms with Gasteiger partial charge in [0, 0.05) is 23.6 Å². The van der Waals surface area contributed by atoms with Gasteiger partial charge in [-0.2, -0.15) is 0 Å². The number of carbonyl (C=O) groups excluding carboxylic acids is 1. The number of rotatable bonds is 9. The first-order valence-electron chi connectivity index (χ1n) is 10.7. The molecular formula is C27H27NO4. The summed E-state index contributed by atoms with van der Waals surface area (Å²) in [5, 5.41) is 0.989. The molecule has 0 spiro atoms. The summed E-state index contributed by atoms with van der Waals surface area (Å²) >= 11 is 0. The zero-order valence-corrected chi connectivity index (χ0v) is 18.4. The minimum atomic E-state index is -0.262. The fraction of sp³-hybridized carbons (Fsp3) is 0.222. The highest BCUT2D eigenvalue weighted by Gasteiger charge is 2.14. The van der Waals surface area contributed by atoms with Crippen LogP contribution < -0.4 is 9.47 Å². The maximum absolute atomic E-state index is 12.0. The van der Waals surface area contributed by atoms with E-state index in [2.05, 4.69) is 16.7 Å². The molecule has 4 rings (SSSR count). The highest BCUT2D eigenvalue weighted by Crippen LogP contribution is 2.28. The van der Waals surface area contributed by atoms with Crippen molar-refractivity contribution in [3.63, 3.8) is 0 Å². The number of fused-ring (bicyclic) bond motifs is 1. The molecule has 0 aliphatic rings. The lowest BCUT2D eigenvalue weighted by Crippen LogP contribution is -2.09. The van der Waals surface area contributed by atoms with Crippen LogP contribution >= 0.6 is 0 Å². The number of methoxy groups -OCH3 is 1. The molecule has 0 amide bonds. The second-order valence-corrected chi connectivity index (χ2v) is 7.71. The predicted molar refractivity (Wildman–Crippen MR) is 125 cm³/mol. The van der Waals surface area contributed by atoms with E-state index < -0.39 is 0 Å². The molecule has 0 radical (unpaired) electrons. The lowest BCUT2D eigenvalue weighted by Gasteiger charge is -2.10. The molecule has 5 nitrogen and oxygen atoms in total. The Hall–Kier alpha value is -3.73. The number of hydrogen-bond donors (Lipinski definition) is 0. The van der Waals surface area contributed by atoms with Crippen LogP contribution in [0.15, 0.2) is 79.0 Å². The molecule has 5 heteroatoms. The summed E-state index contributed by atoms with van der Waals surface area (Å²) in [5.74, 6) is 1.32. The molecule has 0 saturated heterocycles. The summed E-state index contributed by atoms with van der Waals surface area (Å²) in [7, 11) is 1.41. The van der Waals surface area contributed by atoms with Crippen LogP contribution in [0.5, 0.6) is 11.5 Å². The predicted octanol–water partition coefficient (Wildman–Crippen LogP) is 5.17. The van der Waals surface area contributed by atoms with Crippen molar-refractivity contribution in [2.75, 3.05) is 20.3 Å². The molecule has 4 aromatic rings. The van der Waals surface area contributed by atoms with E-state index in [0.29, 0.717) is 13.2 Å². The number of carbonyl (C=O) groups is 1. The normalized spacial score (nSPS) is 10.8. The molecule has 0 fully saturated rings. The number of ether oxygens (including phenoxy) is 3. The fourth-order valence-electron chi connectivity index (χ4n) is 3.74. The molecule has 164 valence electrons. The average molecular weight is 430 g/mol. The van der Waals surface area contributed by atoms with E-state index in [0.717, 1.165) is 40.1 Å². The van der Waals surface area contributed by atoms with Crippen LogP contribution in [0.4, 0.5) is 0 Å². The zero-order chi connectivity index (χ0) is 22.3. The Balaban J connectivity index is 1.50. The van der Waals surface area contributed by atoms with Gasteiger partial charge in [0.15, 0.2) is 0 Å². The molecule has 0 unspecified atom stereocenters. The lowest BCUT2D eigenvalue weighted by atomic mass is 10.1. The third-order valence-electron chi connectivity index (χ3n) is 5.30. The lowest BCUT2D eigenvalue weighted by molar-refractivity contribution is -0.139. The van der Waals surface area contributed by atoms with Crippen molar-refractivity contribution in [3.05, 3.63) is 95.7 Å². The van der Waals surface area contributed by atoms with Crippen LogP contribution in [0.2, 0.25) is 0 Å². The van der Waals surface area contributed by atoms with E-state index in [1.807, 2.05) is 73.8 Å². The van der Waals surface area contributed by atoms with Gasteiger partial charge < -0.3 is 18.8 Å². The van der Waals surface area contributed by atoms with E-state index in [1.165, 1.54) is 12.7 Å². The molecule has 0 saturated carbocycles. The van der Waals surface area contributed by atoms with Crippen LogP contribution in [-0.2, 0) is 22.5 Å². The van der Waals surface area contributed by atoms with Gasteiger partial charge in [0.2, 0.25) is 0 Å². The second kappa shape index (κ2) is 10.1. The maximum atomic E-state index is 12.0. The Morgan fingerprint density at radius 3 is 2.34 bits per heavy atom. The summed E-state index contributed by atoms with van der Waals surface area (Å²) in [6.07, 6.45) is 2.24. The Kier molecular flexibility index (Phi) is 6.75. The number of nitrogens with zero attached hydrogens (tertiary/aromatic N) is 1. The van der Waals surface area contributed by atoms with Crippen LogP contribution in [0.25, 0.3) is 10.9 Å². The smallest absolute Gasteiger partial charge is 0.310 e. The van der Waals surface area contributed by atoms with Gasteiger partial charge in [-0.1, -0.05) is 42.5 Å². The number of esters is 1. The molecule has 0 aliphatic heterocycles. The van der Waals surface area contributed by atoms with Crippen molar-refractivity contribution in [1.29, 1.82) is 0 Å². The minimum Gasteiger partial charge on any atom is -0.490 e. The molecule has 0 atom stereocenters. The standard InChI is InChI=1S/C27H27NO4/c1-20-7-6-10-23(15-20)31-13-14-32-24-11-12-26-25(17-24)22(16-27(29)30-2)19-28(26)18-21-8-4-3-5-9-21/h3-12,15,17,19H,13-14,16,18H2,1-2H3. The molecule has 0 aliphatic carbocycles. The van der Waals surface area contributed by atoms with Crippen molar-refractivity contribution in [2.24, 2.45) is 0 Å². The first kappa shape index (κ1) is 21.5. The fourth-order valence-corrected chi connectivity index (χ4v) is 3.74. The van der Waals surface area contributed by atoms with Gasteiger partial charge in [-0.25, -0.2) is 0 Å². The van der Waals surface area contributed by atoms with E-state index in [4.69, 9.17) is 14.2 Å². The highest BCUT2D eigenvalue weighted by molar-refractivity contribution is 5.89. The van der Waals surface area contributed by atoms with Crippen LogP contribution in [0.1, 0.15) is 16.7 Å². The first-order chi connectivity index (χ1) is 15.6. The van der Waals surface area contributed by atoms with Crippen molar-refractivity contribution in [3.8, 4) is 11.5 Å². The number of aryl methyl sites for hydroxylation is 1. The van der Waals surface area contributed by atoms with Gasteiger partial charge in [-0.3, -0.25) is 4.79 Å². The van der Waals surface area contributed by atoms with Gasteiger partial charge in [-0.15, -0.1) is 0 Å². The molecule has 0 N–H and O–H groups in total. The Morgan fingerprint density at radius 2 is 1.62 bits per heavy atom. The number of hydrogen-bond acceptors (Lipinski definition) is 4. The molecule has 1 aromatic heterocycles. The maximum Gasteiger partial charge on any atom is 0.310 e. The summed E-state index contributed by atoms with van der Waals surface area (Å²) in [6.45, 7) is 3.64. The summed E-state index contributed by atoms with van der Waals surface area (Å²) in [5.41, 5.74) is 4.33. The molecule has 32 heavy (non-hydrogen) atoms. The zero-order valence-electron chi connectivity index (χ0n) is 18.4. The molecule has 0 bridgehead atoms. The Bertz CT molecular complexity index is 1200. The van der Waals surface area contributed by atoms with E-state index >= 15 is 0 Å². The van der Waals surface area contributed by atoms with Gasteiger partial charge in [0.05, 0.1) is 13.5 Å². The van der Waals surface area contributed by atoms with Crippen molar-refractivity contribution in [1.82, 2.24) is 4.57 Å². The quantitative estimate of drug-likeness (QED) is 0.272. The summed E-state index contributed by atoms with van der Waals surface area (Å²) in [6, 6.07) is 24.2. The molecule has 3 aromatic carbocycles. The Morgan fingerprint density at radius 1 is 0.875 bits per heavy atom.